The number of rotatable bonds is 5. The van der Waals surface area contributed by atoms with Crippen molar-refractivity contribution in [2.45, 2.75) is 45.4 Å². The van der Waals surface area contributed by atoms with Crippen LogP contribution in [-0.2, 0) is 20.7 Å². The van der Waals surface area contributed by atoms with Crippen LogP contribution in [0.1, 0.15) is 44.6 Å². The summed E-state index contributed by atoms with van der Waals surface area (Å²) in [5.74, 6) is -0.635. The number of piperidine rings is 1. The van der Waals surface area contributed by atoms with E-state index in [0.29, 0.717) is 24.9 Å². The zero-order valence-corrected chi connectivity index (χ0v) is 15.3. The SMILES string of the molecule is CCOC(=O)C1(Cc2ccccc2F)CCCN(C(=O)C2=CCCC2)C1. The Bertz CT molecular complexity index is 715. The van der Waals surface area contributed by atoms with E-state index in [1.54, 1.807) is 30.0 Å². The van der Waals surface area contributed by atoms with Crippen LogP contribution in [0.15, 0.2) is 35.9 Å². The molecule has 0 saturated carbocycles. The van der Waals surface area contributed by atoms with Gasteiger partial charge < -0.3 is 9.64 Å². The first-order valence-corrected chi connectivity index (χ1v) is 9.45. The molecule has 3 rings (SSSR count). The molecule has 26 heavy (non-hydrogen) atoms. The van der Waals surface area contributed by atoms with Gasteiger partial charge in [0.2, 0.25) is 5.91 Å². The molecular weight excluding hydrogens is 333 g/mol. The number of amides is 1. The summed E-state index contributed by atoms with van der Waals surface area (Å²) in [5, 5.41) is 0. The first-order chi connectivity index (χ1) is 12.6. The van der Waals surface area contributed by atoms with Crippen LogP contribution >= 0.6 is 0 Å². The fourth-order valence-electron chi connectivity index (χ4n) is 4.05. The minimum Gasteiger partial charge on any atom is -0.466 e. The molecule has 1 fully saturated rings. The molecule has 1 heterocycles. The van der Waals surface area contributed by atoms with E-state index in [1.165, 1.54) is 6.07 Å². The lowest BCUT2D eigenvalue weighted by atomic mass is 9.74. The largest absolute Gasteiger partial charge is 0.466 e. The van der Waals surface area contributed by atoms with Gasteiger partial charge in [0.25, 0.3) is 0 Å². The molecule has 1 aromatic carbocycles. The van der Waals surface area contributed by atoms with E-state index in [-0.39, 0.29) is 37.3 Å². The van der Waals surface area contributed by atoms with Gasteiger partial charge in [0, 0.05) is 18.7 Å². The molecular formula is C21H26FNO3. The lowest BCUT2D eigenvalue weighted by Gasteiger charge is -2.41. The summed E-state index contributed by atoms with van der Waals surface area (Å²) in [5.41, 5.74) is 0.455. The van der Waals surface area contributed by atoms with Crippen molar-refractivity contribution in [2.75, 3.05) is 19.7 Å². The minimum absolute atomic E-state index is 0.0180. The number of carbonyl (C=O) groups excluding carboxylic acids is 2. The number of allylic oxidation sites excluding steroid dienone is 1. The van der Waals surface area contributed by atoms with Crippen molar-refractivity contribution in [3.63, 3.8) is 0 Å². The topological polar surface area (TPSA) is 46.6 Å². The van der Waals surface area contributed by atoms with Crippen molar-refractivity contribution >= 4 is 11.9 Å². The molecule has 0 radical (unpaired) electrons. The highest BCUT2D eigenvalue weighted by atomic mass is 19.1. The van der Waals surface area contributed by atoms with Crippen molar-refractivity contribution in [1.29, 1.82) is 0 Å². The summed E-state index contributed by atoms with van der Waals surface area (Å²) < 4.78 is 19.6. The number of hydrogen-bond donors (Lipinski definition) is 0. The van der Waals surface area contributed by atoms with Crippen molar-refractivity contribution < 1.29 is 18.7 Å². The average molecular weight is 359 g/mol. The Labute approximate surface area is 154 Å². The lowest BCUT2D eigenvalue weighted by molar-refractivity contribution is -0.160. The van der Waals surface area contributed by atoms with E-state index >= 15 is 0 Å². The van der Waals surface area contributed by atoms with Crippen LogP contribution in [0.25, 0.3) is 0 Å². The summed E-state index contributed by atoms with van der Waals surface area (Å²) in [4.78, 5) is 27.4. The Morgan fingerprint density at radius 3 is 2.77 bits per heavy atom. The van der Waals surface area contributed by atoms with Crippen LogP contribution < -0.4 is 0 Å². The molecule has 1 aliphatic heterocycles. The zero-order valence-electron chi connectivity index (χ0n) is 15.3. The highest BCUT2D eigenvalue weighted by Gasteiger charge is 2.45. The van der Waals surface area contributed by atoms with Gasteiger partial charge in [0.05, 0.1) is 12.0 Å². The molecule has 1 amide bonds. The maximum Gasteiger partial charge on any atom is 0.314 e. The monoisotopic (exact) mass is 359 g/mol. The molecule has 1 unspecified atom stereocenters. The molecule has 1 aliphatic carbocycles. The van der Waals surface area contributed by atoms with Gasteiger partial charge >= 0.3 is 5.97 Å². The van der Waals surface area contributed by atoms with E-state index in [0.717, 1.165) is 24.8 Å². The molecule has 0 N–H and O–H groups in total. The zero-order chi connectivity index (χ0) is 18.6. The second kappa shape index (κ2) is 8.02. The average Bonchev–Trinajstić information content (AvgIpc) is 3.18. The number of ether oxygens (including phenoxy) is 1. The number of carbonyl (C=O) groups is 2. The van der Waals surface area contributed by atoms with Crippen LogP contribution in [0.4, 0.5) is 4.39 Å². The summed E-state index contributed by atoms with van der Waals surface area (Å²) >= 11 is 0. The van der Waals surface area contributed by atoms with Gasteiger partial charge in [-0.15, -0.1) is 0 Å². The van der Waals surface area contributed by atoms with E-state index in [4.69, 9.17) is 4.74 Å². The second-order valence-electron chi connectivity index (χ2n) is 7.22. The van der Waals surface area contributed by atoms with Crippen LogP contribution in [0, 0.1) is 11.2 Å². The quantitative estimate of drug-likeness (QED) is 0.754. The highest BCUT2D eigenvalue weighted by Crippen LogP contribution is 2.37. The van der Waals surface area contributed by atoms with E-state index < -0.39 is 5.41 Å². The first kappa shape index (κ1) is 18.6. The smallest absolute Gasteiger partial charge is 0.314 e. The standard InChI is InChI=1S/C21H26FNO3/c1-2-26-20(25)21(14-17-10-5-6-11-18(17)22)12-7-13-23(15-21)19(24)16-8-3-4-9-16/h5-6,8,10-11H,2-4,7,9,12-15H2,1H3. The highest BCUT2D eigenvalue weighted by molar-refractivity contribution is 5.94. The Balaban J connectivity index is 1.86. The van der Waals surface area contributed by atoms with Crippen LogP contribution in [-0.4, -0.2) is 36.5 Å². The number of hydrogen-bond acceptors (Lipinski definition) is 3. The maximum atomic E-state index is 14.2. The number of esters is 1. The molecule has 0 bridgehead atoms. The van der Waals surface area contributed by atoms with E-state index in [9.17, 15) is 14.0 Å². The second-order valence-corrected chi connectivity index (χ2v) is 7.22. The van der Waals surface area contributed by atoms with Crippen molar-refractivity contribution in [3.8, 4) is 0 Å². The van der Waals surface area contributed by atoms with Gasteiger partial charge in [0.15, 0.2) is 0 Å². The van der Waals surface area contributed by atoms with Gasteiger partial charge in [-0.1, -0.05) is 24.3 Å². The number of nitrogens with zero attached hydrogens (tertiary/aromatic N) is 1. The van der Waals surface area contributed by atoms with E-state index in [2.05, 4.69) is 0 Å². The molecule has 4 nitrogen and oxygen atoms in total. The summed E-state index contributed by atoms with van der Waals surface area (Å²) in [6.07, 6.45) is 6.31. The lowest BCUT2D eigenvalue weighted by Crippen LogP contribution is -2.52. The van der Waals surface area contributed by atoms with Crippen LogP contribution in [0.5, 0.6) is 0 Å². The van der Waals surface area contributed by atoms with Crippen molar-refractivity contribution in [1.82, 2.24) is 4.90 Å². The third kappa shape index (κ3) is 3.81. The normalized spacial score (nSPS) is 22.8. The van der Waals surface area contributed by atoms with Crippen molar-refractivity contribution in [2.24, 2.45) is 5.41 Å². The predicted molar refractivity (Wildman–Crippen MR) is 96.9 cm³/mol. The summed E-state index contributed by atoms with van der Waals surface area (Å²) in [7, 11) is 0. The van der Waals surface area contributed by atoms with Crippen LogP contribution in [0.2, 0.25) is 0 Å². The Morgan fingerprint density at radius 1 is 1.27 bits per heavy atom. The molecule has 2 aliphatic rings. The van der Waals surface area contributed by atoms with Gasteiger partial charge in [-0.05, 0) is 57.1 Å². The number of halogens is 1. The number of benzene rings is 1. The molecule has 0 spiro atoms. The third-order valence-electron chi connectivity index (χ3n) is 5.37. The predicted octanol–water partition coefficient (Wildman–Crippen LogP) is 3.65. The third-order valence-corrected chi connectivity index (χ3v) is 5.37. The molecule has 0 aromatic heterocycles. The fourth-order valence-corrected chi connectivity index (χ4v) is 4.05. The molecule has 140 valence electrons. The minimum atomic E-state index is -0.884. The van der Waals surface area contributed by atoms with Gasteiger partial charge in [-0.2, -0.15) is 0 Å². The fraction of sp³-hybridized carbons (Fsp3) is 0.524. The maximum absolute atomic E-state index is 14.2. The number of likely N-dealkylation sites (tertiary alicyclic amines) is 1. The molecule has 1 atom stereocenters. The van der Waals surface area contributed by atoms with Gasteiger partial charge in [-0.3, -0.25) is 9.59 Å². The van der Waals surface area contributed by atoms with E-state index in [1.807, 2.05) is 6.08 Å². The van der Waals surface area contributed by atoms with Crippen LogP contribution in [0.3, 0.4) is 0 Å². The summed E-state index contributed by atoms with van der Waals surface area (Å²) in [6, 6.07) is 6.52. The first-order valence-electron chi connectivity index (χ1n) is 9.45. The molecule has 1 saturated heterocycles. The van der Waals surface area contributed by atoms with Gasteiger partial charge in [-0.25, -0.2) is 4.39 Å². The molecule has 1 aromatic rings. The Morgan fingerprint density at radius 2 is 2.08 bits per heavy atom. The Hall–Kier alpha value is -2.17. The van der Waals surface area contributed by atoms with Crippen molar-refractivity contribution in [3.05, 3.63) is 47.3 Å². The molecule has 5 heteroatoms. The van der Waals surface area contributed by atoms with Gasteiger partial charge in [0.1, 0.15) is 5.82 Å². The Kier molecular flexibility index (Phi) is 5.74. The summed E-state index contributed by atoms with van der Waals surface area (Å²) in [6.45, 7) is 2.96.